The first kappa shape index (κ1) is 18.7. The van der Waals surface area contributed by atoms with Crippen LogP contribution in [0.5, 0.6) is 0 Å². The third kappa shape index (κ3) is 4.28. The third-order valence-electron chi connectivity index (χ3n) is 5.01. The first-order chi connectivity index (χ1) is 13.7. The van der Waals surface area contributed by atoms with Crippen molar-refractivity contribution in [3.63, 3.8) is 0 Å². The molecule has 3 aromatic rings. The Balaban J connectivity index is 1.58. The maximum Gasteiger partial charge on any atom is 0.230 e. The molecule has 28 heavy (non-hydrogen) atoms. The summed E-state index contributed by atoms with van der Waals surface area (Å²) >= 11 is 1.43. The lowest BCUT2D eigenvalue weighted by atomic mass is 10.1. The molecule has 1 saturated carbocycles. The van der Waals surface area contributed by atoms with Crippen LogP contribution in [0.4, 0.5) is 0 Å². The van der Waals surface area contributed by atoms with Crippen LogP contribution in [0.1, 0.15) is 31.2 Å². The highest BCUT2D eigenvalue weighted by molar-refractivity contribution is 7.99. The van der Waals surface area contributed by atoms with Gasteiger partial charge in [-0.2, -0.15) is 0 Å². The molecule has 0 atom stereocenters. The van der Waals surface area contributed by atoms with Crippen LogP contribution < -0.4 is 5.32 Å². The summed E-state index contributed by atoms with van der Waals surface area (Å²) in [6.45, 7) is 2.07. The van der Waals surface area contributed by atoms with Gasteiger partial charge in [0.15, 0.2) is 11.0 Å². The number of carbonyl (C=O) groups excluding carboxylic acids is 1. The van der Waals surface area contributed by atoms with Gasteiger partial charge in [-0.3, -0.25) is 9.36 Å². The fourth-order valence-corrected chi connectivity index (χ4v) is 4.30. The van der Waals surface area contributed by atoms with Crippen LogP contribution in [-0.4, -0.2) is 32.5 Å². The molecular formula is C22H24N4OS. The minimum absolute atomic E-state index is 0.0661. The lowest BCUT2D eigenvalue weighted by Gasteiger charge is -2.12. The molecule has 0 spiro atoms. The zero-order valence-corrected chi connectivity index (χ0v) is 16.8. The van der Waals surface area contributed by atoms with E-state index >= 15 is 0 Å². The minimum Gasteiger partial charge on any atom is -0.353 e. The maximum absolute atomic E-state index is 12.3. The predicted octanol–water partition coefficient (Wildman–Crippen LogP) is 4.39. The van der Waals surface area contributed by atoms with E-state index in [0.717, 1.165) is 35.1 Å². The second-order valence-electron chi connectivity index (χ2n) is 7.18. The number of rotatable bonds is 6. The van der Waals surface area contributed by atoms with E-state index in [-0.39, 0.29) is 5.91 Å². The Morgan fingerprint density at radius 2 is 1.79 bits per heavy atom. The topological polar surface area (TPSA) is 59.8 Å². The van der Waals surface area contributed by atoms with Crippen molar-refractivity contribution in [3.05, 3.63) is 60.2 Å². The summed E-state index contributed by atoms with van der Waals surface area (Å²) in [5.74, 6) is 1.19. The number of nitrogens with one attached hydrogen (secondary N) is 1. The molecule has 0 radical (unpaired) electrons. The van der Waals surface area contributed by atoms with E-state index in [1.807, 2.05) is 34.9 Å². The van der Waals surface area contributed by atoms with E-state index in [1.54, 1.807) is 0 Å². The first-order valence-electron chi connectivity index (χ1n) is 9.71. The van der Waals surface area contributed by atoms with Crippen LogP contribution in [-0.2, 0) is 4.79 Å². The van der Waals surface area contributed by atoms with Gasteiger partial charge >= 0.3 is 0 Å². The number of aryl methyl sites for hydroxylation is 1. The van der Waals surface area contributed by atoms with E-state index < -0.39 is 0 Å². The van der Waals surface area contributed by atoms with Gasteiger partial charge in [-0.05, 0) is 31.9 Å². The second-order valence-corrected chi connectivity index (χ2v) is 8.12. The number of thioether (sulfide) groups is 1. The van der Waals surface area contributed by atoms with Gasteiger partial charge in [-0.15, -0.1) is 10.2 Å². The van der Waals surface area contributed by atoms with Crippen LogP contribution in [0, 0.1) is 6.92 Å². The number of carbonyl (C=O) groups is 1. The molecular weight excluding hydrogens is 368 g/mol. The number of hydrogen-bond acceptors (Lipinski definition) is 4. The van der Waals surface area contributed by atoms with Crippen molar-refractivity contribution in [2.75, 3.05) is 5.75 Å². The Labute approximate surface area is 169 Å². The van der Waals surface area contributed by atoms with E-state index in [0.29, 0.717) is 11.8 Å². The zero-order valence-electron chi connectivity index (χ0n) is 16.0. The molecule has 1 fully saturated rings. The smallest absolute Gasteiger partial charge is 0.230 e. The average molecular weight is 393 g/mol. The molecule has 5 nitrogen and oxygen atoms in total. The highest BCUT2D eigenvalue weighted by Crippen LogP contribution is 2.28. The Hall–Kier alpha value is -2.60. The lowest BCUT2D eigenvalue weighted by Crippen LogP contribution is -2.33. The van der Waals surface area contributed by atoms with Crippen molar-refractivity contribution < 1.29 is 4.79 Å². The molecule has 0 aliphatic heterocycles. The molecule has 1 amide bonds. The molecule has 1 aliphatic rings. The molecule has 1 N–H and O–H groups in total. The van der Waals surface area contributed by atoms with Gasteiger partial charge in [-0.1, -0.05) is 72.6 Å². The summed E-state index contributed by atoms with van der Waals surface area (Å²) in [6, 6.07) is 18.6. The van der Waals surface area contributed by atoms with Gasteiger partial charge in [0.25, 0.3) is 0 Å². The predicted molar refractivity (Wildman–Crippen MR) is 113 cm³/mol. The van der Waals surface area contributed by atoms with Gasteiger partial charge in [0.1, 0.15) is 0 Å². The quantitative estimate of drug-likeness (QED) is 0.632. The number of aromatic nitrogens is 3. The molecule has 0 unspecified atom stereocenters. The molecule has 1 heterocycles. The standard InChI is InChI=1S/C22H24N4OS/c1-16-11-13-17(14-12-16)21-24-25-22(26(21)19-9-3-2-4-10-19)28-15-20(27)23-18-7-5-6-8-18/h2-4,9-14,18H,5-8,15H2,1H3,(H,23,27). The molecule has 0 bridgehead atoms. The highest BCUT2D eigenvalue weighted by atomic mass is 32.2. The number of nitrogens with zero attached hydrogens (tertiary/aromatic N) is 3. The Morgan fingerprint density at radius 3 is 2.50 bits per heavy atom. The normalized spacial score (nSPS) is 14.3. The lowest BCUT2D eigenvalue weighted by molar-refractivity contribution is -0.119. The molecule has 0 saturated heterocycles. The van der Waals surface area contributed by atoms with Crippen LogP contribution in [0.25, 0.3) is 17.1 Å². The summed E-state index contributed by atoms with van der Waals surface area (Å²) in [5, 5.41) is 12.7. The minimum atomic E-state index is 0.0661. The fraction of sp³-hybridized carbons (Fsp3) is 0.318. The third-order valence-corrected chi connectivity index (χ3v) is 5.94. The van der Waals surface area contributed by atoms with Crippen molar-refractivity contribution in [2.24, 2.45) is 0 Å². The van der Waals surface area contributed by atoms with Crippen LogP contribution in [0.15, 0.2) is 59.8 Å². The summed E-state index contributed by atoms with van der Waals surface area (Å²) in [6.07, 6.45) is 4.60. The van der Waals surface area contributed by atoms with E-state index in [4.69, 9.17) is 0 Å². The Bertz CT molecular complexity index is 931. The highest BCUT2D eigenvalue weighted by Gasteiger charge is 2.20. The monoisotopic (exact) mass is 392 g/mol. The van der Waals surface area contributed by atoms with Crippen molar-refractivity contribution in [1.29, 1.82) is 0 Å². The van der Waals surface area contributed by atoms with E-state index in [2.05, 4.69) is 46.7 Å². The van der Waals surface area contributed by atoms with Crippen LogP contribution in [0.3, 0.4) is 0 Å². The van der Waals surface area contributed by atoms with Gasteiger partial charge in [0.2, 0.25) is 5.91 Å². The number of hydrogen-bond donors (Lipinski definition) is 1. The number of amides is 1. The van der Waals surface area contributed by atoms with Gasteiger partial charge in [0, 0.05) is 17.3 Å². The number of para-hydroxylation sites is 1. The fourth-order valence-electron chi connectivity index (χ4n) is 3.53. The molecule has 1 aliphatic carbocycles. The summed E-state index contributed by atoms with van der Waals surface area (Å²) in [5.41, 5.74) is 3.19. The average Bonchev–Trinajstić information content (AvgIpc) is 3.37. The second kappa shape index (κ2) is 8.61. The van der Waals surface area contributed by atoms with Gasteiger partial charge in [-0.25, -0.2) is 0 Å². The van der Waals surface area contributed by atoms with Gasteiger partial charge in [0.05, 0.1) is 5.75 Å². The maximum atomic E-state index is 12.3. The molecule has 6 heteroatoms. The first-order valence-corrected chi connectivity index (χ1v) is 10.7. The summed E-state index contributed by atoms with van der Waals surface area (Å²) in [7, 11) is 0. The van der Waals surface area contributed by atoms with Crippen molar-refractivity contribution in [1.82, 2.24) is 20.1 Å². The Kier molecular flexibility index (Phi) is 5.76. The van der Waals surface area contributed by atoms with Crippen LogP contribution >= 0.6 is 11.8 Å². The summed E-state index contributed by atoms with van der Waals surface area (Å²) in [4.78, 5) is 12.3. The van der Waals surface area contributed by atoms with E-state index in [1.165, 1.54) is 30.2 Å². The van der Waals surface area contributed by atoms with E-state index in [9.17, 15) is 4.79 Å². The SMILES string of the molecule is Cc1ccc(-c2nnc(SCC(=O)NC3CCCC3)n2-c2ccccc2)cc1. The number of benzene rings is 2. The molecule has 2 aromatic carbocycles. The molecule has 4 rings (SSSR count). The zero-order chi connectivity index (χ0) is 19.3. The largest absolute Gasteiger partial charge is 0.353 e. The van der Waals surface area contributed by atoms with Crippen LogP contribution in [0.2, 0.25) is 0 Å². The van der Waals surface area contributed by atoms with Crippen molar-refractivity contribution in [2.45, 2.75) is 43.8 Å². The molecule has 144 valence electrons. The Morgan fingerprint density at radius 1 is 1.07 bits per heavy atom. The van der Waals surface area contributed by atoms with Crippen molar-refractivity contribution >= 4 is 17.7 Å². The van der Waals surface area contributed by atoms with Gasteiger partial charge < -0.3 is 5.32 Å². The summed E-state index contributed by atoms with van der Waals surface area (Å²) < 4.78 is 2.03. The molecule has 1 aromatic heterocycles. The van der Waals surface area contributed by atoms with Crippen molar-refractivity contribution in [3.8, 4) is 17.1 Å².